The predicted molar refractivity (Wildman–Crippen MR) is 94.4 cm³/mol. The van der Waals surface area contributed by atoms with Gasteiger partial charge in [0.2, 0.25) is 0 Å². The van der Waals surface area contributed by atoms with Crippen molar-refractivity contribution < 1.29 is 9.53 Å². The van der Waals surface area contributed by atoms with E-state index in [1.807, 2.05) is 24.1 Å². The molecule has 1 aliphatic heterocycles. The largest absolute Gasteiger partial charge is 0.381 e. The molecule has 1 fully saturated rings. The summed E-state index contributed by atoms with van der Waals surface area (Å²) in [7, 11) is 1.93. The van der Waals surface area contributed by atoms with Crippen molar-refractivity contribution in [2.75, 3.05) is 20.3 Å². The zero-order chi connectivity index (χ0) is 16.5. The Balaban J connectivity index is 1.50. The van der Waals surface area contributed by atoms with E-state index in [0.29, 0.717) is 5.92 Å². The molecule has 1 saturated heterocycles. The van der Waals surface area contributed by atoms with Crippen LogP contribution in [0.25, 0.3) is 0 Å². The molecule has 2 aliphatic rings. The maximum Gasteiger partial charge on any atom is 0.253 e. The Morgan fingerprint density at radius 3 is 2.50 bits per heavy atom. The molecule has 0 bridgehead atoms. The molecule has 0 spiro atoms. The number of carbonyl (C=O) groups excluding carboxylic acids is 1. The highest BCUT2D eigenvalue weighted by atomic mass is 16.5. The van der Waals surface area contributed by atoms with Gasteiger partial charge in [0.25, 0.3) is 5.91 Å². The number of amides is 1. The molecule has 0 unspecified atom stereocenters. The van der Waals surface area contributed by atoms with Crippen LogP contribution in [0, 0.1) is 0 Å². The van der Waals surface area contributed by atoms with Gasteiger partial charge in [-0.2, -0.15) is 0 Å². The third kappa shape index (κ3) is 2.84. The quantitative estimate of drug-likeness (QED) is 0.867. The second-order valence-electron chi connectivity index (χ2n) is 6.93. The minimum atomic E-state index is 0.119. The fraction of sp³-hybridized carbons (Fsp3) is 0.381. The molecule has 3 nitrogen and oxygen atoms in total. The Bertz CT molecular complexity index is 724. The zero-order valence-electron chi connectivity index (χ0n) is 14.1. The maximum atomic E-state index is 12.9. The molecule has 1 heterocycles. The van der Waals surface area contributed by atoms with Crippen LogP contribution in [0.1, 0.15) is 39.4 Å². The third-order valence-electron chi connectivity index (χ3n) is 5.43. The van der Waals surface area contributed by atoms with Gasteiger partial charge in [-0.3, -0.25) is 4.79 Å². The Morgan fingerprint density at radius 1 is 1.08 bits per heavy atom. The third-order valence-corrected chi connectivity index (χ3v) is 5.43. The standard InChI is InChI=1S/C21H23NO2/c1-22(20-12-16-5-2-3-6-17(16)13-20)21(23)18-8-4-7-15(11-18)19-9-10-24-14-19/h2-8,11,19-20H,9-10,12-14H2,1H3/t19-/m1/s1. The predicted octanol–water partition coefficient (Wildman–Crippen LogP) is 3.43. The van der Waals surface area contributed by atoms with Gasteiger partial charge < -0.3 is 9.64 Å². The second-order valence-corrected chi connectivity index (χ2v) is 6.93. The molecule has 1 atom stereocenters. The summed E-state index contributed by atoms with van der Waals surface area (Å²) < 4.78 is 5.48. The summed E-state index contributed by atoms with van der Waals surface area (Å²) in [6.07, 6.45) is 2.95. The van der Waals surface area contributed by atoms with Gasteiger partial charge in [0, 0.05) is 31.2 Å². The van der Waals surface area contributed by atoms with Gasteiger partial charge in [-0.15, -0.1) is 0 Å². The molecule has 2 aromatic rings. The van der Waals surface area contributed by atoms with E-state index in [4.69, 9.17) is 4.74 Å². The lowest BCUT2D eigenvalue weighted by Gasteiger charge is -2.25. The van der Waals surface area contributed by atoms with E-state index in [9.17, 15) is 4.79 Å². The Labute approximate surface area is 143 Å². The highest BCUT2D eigenvalue weighted by Gasteiger charge is 2.28. The van der Waals surface area contributed by atoms with Crippen LogP contribution in [0.5, 0.6) is 0 Å². The number of ether oxygens (including phenoxy) is 1. The number of hydrogen-bond acceptors (Lipinski definition) is 2. The van der Waals surface area contributed by atoms with Crippen molar-refractivity contribution >= 4 is 5.91 Å². The van der Waals surface area contributed by atoms with E-state index in [0.717, 1.165) is 38.0 Å². The molecule has 24 heavy (non-hydrogen) atoms. The van der Waals surface area contributed by atoms with E-state index >= 15 is 0 Å². The van der Waals surface area contributed by atoms with Crippen molar-refractivity contribution in [1.82, 2.24) is 4.90 Å². The number of benzene rings is 2. The van der Waals surface area contributed by atoms with Gasteiger partial charge >= 0.3 is 0 Å². The van der Waals surface area contributed by atoms with Crippen molar-refractivity contribution in [1.29, 1.82) is 0 Å². The molecule has 0 radical (unpaired) electrons. The minimum absolute atomic E-state index is 0.119. The lowest BCUT2D eigenvalue weighted by Crippen LogP contribution is -2.37. The van der Waals surface area contributed by atoms with Gasteiger partial charge in [0.1, 0.15) is 0 Å². The monoisotopic (exact) mass is 321 g/mol. The number of hydrogen-bond donors (Lipinski definition) is 0. The first-order chi connectivity index (χ1) is 11.7. The second kappa shape index (κ2) is 6.40. The Kier molecular flexibility index (Phi) is 4.11. The molecule has 0 aromatic heterocycles. The molecule has 124 valence electrons. The molecule has 1 amide bonds. The minimum Gasteiger partial charge on any atom is -0.381 e. The van der Waals surface area contributed by atoms with E-state index in [-0.39, 0.29) is 11.9 Å². The van der Waals surface area contributed by atoms with Crippen molar-refractivity contribution in [3.8, 4) is 0 Å². The number of fused-ring (bicyclic) bond motifs is 1. The zero-order valence-corrected chi connectivity index (χ0v) is 14.1. The van der Waals surface area contributed by atoms with E-state index in [2.05, 4.69) is 36.4 Å². The first kappa shape index (κ1) is 15.4. The van der Waals surface area contributed by atoms with Gasteiger partial charge in [0.15, 0.2) is 0 Å². The normalized spacial score (nSPS) is 20.1. The van der Waals surface area contributed by atoms with Crippen LogP contribution in [0.4, 0.5) is 0 Å². The summed E-state index contributed by atoms with van der Waals surface area (Å²) in [5, 5.41) is 0. The van der Waals surface area contributed by atoms with Gasteiger partial charge in [0.05, 0.1) is 6.61 Å². The van der Waals surface area contributed by atoms with Crippen LogP contribution in [0.3, 0.4) is 0 Å². The fourth-order valence-corrected chi connectivity index (χ4v) is 3.90. The summed E-state index contributed by atoms with van der Waals surface area (Å²) in [6, 6.07) is 16.9. The molecule has 0 N–H and O–H groups in total. The summed E-state index contributed by atoms with van der Waals surface area (Å²) >= 11 is 0. The maximum absolute atomic E-state index is 12.9. The Morgan fingerprint density at radius 2 is 1.83 bits per heavy atom. The van der Waals surface area contributed by atoms with Gasteiger partial charge in [-0.25, -0.2) is 0 Å². The lowest BCUT2D eigenvalue weighted by atomic mass is 9.96. The first-order valence-corrected chi connectivity index (χ1v) is 8.74. The Hall–Kier alpha value is -2.13. The SMILES string of the molecule is CN(C(=O)c1cccc([C@@H]2CCOC2)c1)C1Cc2ccccc2C1. The summed E-state index contributed by atoms with van der Waals surface area (Å²) in [5.41, 5.74) is 4.76. The number of carbonyl (C=O) groups is 1. The van der Waals surface area contributed by atoms with Gasteiger partial charge in [-0.05, 0) is 48.1 Å². The van der Waals surface area contributed by atoms with Crippen LogP contribution in [-0.2, 0) is 17.6 Å². The van der Waals surface area contributed by atoms with Crippen LogP contribution < -0.4 is 0 Å². The summed E-state index contributed by atoms with van der Waals surface area (Å²) in [6.45, 7) is 1.59. The van der Waals surface area contributed by atoms with Gasteiger partial charge in [-0.1, -0.05) is 36.4 Å². The topological polar surface area (TPSA) is 29.5 Å². The molecule has 2 aromatic carbocycles. The van der Waals surface area contributed by atoms with Crippen molar-refractivity contribution in [2.45, 2.75) is 31.2 Å². The smallest absolute Gasteiger partial charge is 0.253 e. The van der Waals surface area contributed by atoms with E-state index in [1.165, 1.54) is 16.7 Å². The molecular formula is C21H23NO2. The average Bonchev–Trinajstić information content (AvgIpc) is 3.30. The first-order valence-electron chi connectivity index (χ1n) is 8.74. The highest BCUT2D eigenvalue weighted by molar-refractivity contribution is 5.94. The van der Waals surface area contributed by atoms with Crippen LogP contribution in [0.15, 0.2) is 48.5 Å². The number of nitrogens with zero attached hydrogens (tertiary/aromatic N) is 1. The van der Waals surface area contributed by atoms with Crippen LogP contribution in [-0.4, -0.2) is 37.1 Å². The highest BCUT2D eigenvalue weighted by Crippen LogP contribution is 2.28. The number of rotatable bonds is 3. The molecule has 0 saturated carbocycles. The summed E-state index contributed by atoms with van der Waals surface area (Å²) in [5.74, 6) is 0.548. The van der Waals surface area contributed by atoms with Crippen molar-refractivity contribution in [3.63, 3.8) is 0 Å². The lowest BCUT2D eigenvalue weighted by molar-refractivity contribution is 0.0737. The van der Waals surface area contributed by atoms with Crippen LogP contribution in [0.2, 0.25) is 0 Å². The van der Waals surface area contributed by atoms with Crippen LogP contribution >= 0.6 is 0 Å². The van der Waals surface area contributed by atoms with Crippen molar-refractivity contribution in [3.05, 3.63) is 70.8 Å². The molecular weight excluding hydrogens is 298 g/mol. The molecule has 3 heteroatoms. The van der Waals surface area contributed by atoms with Crippen molar-refractivity contribution in [2.24, 2.45) is 0 Å². The molecule has 4 rings (SSSR count). The fourth-order valence-electron chi connectivity index (χ4n) is 3.90. The van der Waals surface area contributed by atoms with E-state index in [1.54, 1.807) is 0 Å². The summed E-state index contributed by atoms with van der Waals surface area (Å²) in [4.78, 5) is 14.9. The average molecular weight is 321 g/mol. The number of likely N-dealkylation sites (N-methyl/N-ethyl adjacent to an activating group) is 1. The van der Waals surface area contributed by atoms with E-state index < -0.39 is 0 Å². The molecule has 1 aliphatic carbocycles.